The van der Waals surface area contributed by atoms with Crippen LogP contribution in [-0.2, 0) is 26.2 Å². The monoisotopic (exact) mass is 513 g/mol. The largest absolute Gasteiger partial charge is 0.490 e. The van der Waals surface area contributed by atoms with Gasteiger partial charge in [0.05, 0.1) is 0 Å². The topological polar surface area (TPSA) is 115 Å². The molecule has 3 amide bonds. The second kappa shape index (κ2) is 11.5. The van der Waals surface area contributed by atoms with Crippen molar-refractivity contribution in [2.24, 2.45) is 0 Å². The van der Waals surface area contributed by atoms with Crippen LogP contribution in [0.15, 0.2) is 72.8 Å². The summed E-state index contributed by atoms with van der Waals surface area (Å²) < 4.78 is 18.0. The molecule has 0 aliphatic rings. The number of rotatable bonds is 9. The number of benzene rings is 3. The van der Waals surface area contributed by atoms with Crippen LogP contribution in [0.5, 0.6) is 17.2 Å². The maximum Gasteiger partial charge on any atom is 0.490 e. The first-order valence-electron chi connectivity index (χ1n) is 10.4. The molecule has 0 radical (unpaired) electrons. The first kappa shape index (κ1) is 25.7. The van der Waals surface area contributed by atoms with Gasteiger partial charge in [-0.15, -0.1) is 0 Å². The lowest BCUT2D eigenvalue weighted by molar-refractivity contribution is -0.115. The van der Waals surface area contributed by atoms with E-state index in [4.69, 9.17) is 25.4 Å². The normalized spacial score (nSPS) is 10.6. The van der Waals surface area contributed by atoms with Crippen LogP contribution in [0, 0.1) is 0 Å². The summed E-state index contributed by atoms with van der Waals surface area (Å²) >= 11 is 5.69. The number of hydrogen-bond acceptors (Lipinski definition) is 7. The van der Waals surface area contributed by atoms with Crippen molar-refractivity contribution in [1.82, 2.24) is 0 Å². The summed E-state index contributed by atoms with van der Waals surface area (Å²) in [6.45, 7) is 0.809. The van der Waals surface area contributed by atoms with Crippen molar-refractivity contribution in [3.05, 3.63) is 72.8 Å². The lowest BCUT2D eigenvalue weighted by Gasteiger charge is -2.23. The summed E-state index contributed by atoms with van der Waals surface area (Å²) in [5.74, 6) is 0.564. The third-order valence-electron chi connectivity index (χ3n) is 4.18. The molecule has 3 aromatic rings. The van der Waals surface area contributed by atoms with Gasteiger partial charge in [-0.25, -0.2) is 0 Å². The number of hydrogen-bond donors (Lipinski definition) is 3. The van der Waals surface area contributed by atoms with E-state index in [9.17, 15) is 14.4 Å². The van der Waals surface area contributed by atoms with Gasteiger partial charge < -0.3 is 29.5 Å². The summed E-state index contributed by atoms with van der Waals surface area (Å²) in [5.41, 5.74) is 1.80. The van der Waals surface area contributed by atoms with Crippen LogP contribution in [0.2, 0.25) is 0 Å². The molecule has 3 aromatic carbocycles. The molecule has 0 bridgehead atoms. The van der Waals surface area contributed by atoms with Gasteiger partial charge >= 0.3 is 6.72 Å². The lowest BCUT2D eigenvalue weighted by atomic mass is 10.3. The predicted molar refractivity (Wildman–Crippen MR) is 138 cm³/mol. The van der Waals surface area contributed by atoms with Crippen molar-refractivity contribution in [3.8, 4) is 17.2 Å². The zero-order chi connectivity index (χ0) is 25.4. The van der Waals surface area contributed by atoms with E-state index in [1.54, 1.807) is 72.8 Å². The number of carbonyl (C=O) groups excluding carboxylic acids is 3. The summed E-state index contributed by atoms with van der Waals surface area (Å²) in [6, 6.07) is 19.8. The van der Waals surface area contributed by atoms with Gasteiger partial charge in [0.15, 0.2) is 0 Å². The summed E-state index contributed by atoms with van der Waals surface area (Å²) in [4.78, 5) is 33.8. The quantitative estimate of drug-likeness (QED) is 0.332. The Hall–Kier alpha value is -3.88. The zero-order valence-electron chi connectivity index (χ0n) is 19.2. The van der Waals surface area contributed by atoms with Crippen LogP contribution in [0.3, 0.4) is 0 Å². The van der Waals surface area contributed by atoms with E-state index in [0.717, 1.165) is 0 Å². The van der Waals surface area contributed by atoms with Crippen molar-refractivity contribution in [2.45, 2.75) is 20.8 Å². The van der Waals surface area contributed by atoms with Gasteiger partial charge in [0, 0.05) is 49.6 Å². The molecule has 0 aromatic heterocycles. The second-order valence-corrected chi connectivity index (χ2v) is 10.1. The van der Waals surface area contributed by atoms with E-state index in [1.165, 1.54) is 20.8 Å². The molecular weight excluding hydrogens is 489 g/mol. The minimum atomic E-state index is -3.44. The van der Waals surface area contributed by atoms with Gasteiger partial charge in [-0.2, -0.15) is 0 Å². The standard InChI is InChI=1S/C24H24N3O6PS/c1-16(28)25-19-4-10-22(11-5-19)31-34(35,32-23-12-6-20(7-13-23)26-17(2)29)33-24-14-8-21(9-15-24)27-18(3)30/h4-15H,1-3H3,(H,25,28)(H,26,29)(H,27,30). The molecule has 3 rings (SSSR count). The van der Waals surface area contributed by atoms with Crippen LogP contribution >= 0.6 is 6.72 Å². The SMILES string of the molecule is CC(=O)Nc1ccc(OP(=S)(Oc2ccc(NC(C)=O)cc2)Oc2ccc(NC(C)=O)cc2)cc1. The van der Waals surface area contributed by atoms with Gasteiger partial charge in [0.1, 0.15) is 17.2 Å². The van der Waals surface area contributed by atoms with Gasteiger partial charge in [-0.05, 0) is 72.8 Å². The van der Waals surface area contributed by atoms with E-state index in [0.29, 0.717) is 34.3 Å². The summed E-state index contributed by atoms with van der Waals surface area (Å²) in [7, 11) is 0. The van der Waals surface area contributed by atoms with Crippen LogP contribution in [-0.4, -0.2) is 17.7 Å². The van der Waals surface area contributed by atoms with E-state index < -0.39 is 6.72 Å². The number of amides is 3. The van der Waals surface area contributed by atoms with E-state index in [1.807, 2.05) is 0 Å². The Morgan fingerprint density at radius 1 is 0.543 bits per heavy atom. The first-order valence-corrected chi connectivity index (χ1v) is 13.0. The predicted octanol–water partition coefficient (Wildman–Crippen LogP) is 5.32. The van der Waals surface area contributed by atoms with Crippen molar-refractivity contribution in [3.63, 3.8) is 0 Å². The fourth-order valence-electron chi connectivity index (χ4n) is 2.85. The molecule has 0 saturated heterocycles. The van der Waals surface area contributed by atoms with Crippen molar-refractivity contribution in [2.75, 3.05) is 16.0 Å². The summed E-state index contributed by atoms with van der Waals surface area (Å²) in [6.07, 6.45) is 0. The Bertz CT molecular complexity index is 1090. The van der Waals surface area contributed by atoms with E-state index in [2.05, 4.69) is 16.0 Å². The molecule has 3 N–H and O–H groups in total. The highest BCUT2D eigenvalue weighted by Crippen LogP contribution is 2.50. The third-order valence-corrected chi connectivity index (χ3v) is 6.15. The highest BCUT2D eigenvalue weighted by molar-refractivity contribution is 8.08. The number of carbonyl (C=O) groups is 3. The Labute approximate surface area is 208 Å². The van der Waals surface area contributed by atoms with Gasteiger partial charge in [0.25, 0.3) is 0 Å². The van der Waals surface area contributed by atoms with Crippen molar-refractivity contribution in [1.29, 1.82) is 0 Å². The van der Waals surface area contributed by atoms with Crippen LogP contribution in [0.25, 0.3) is 0 Å². The van der Waals surface area contributed by atoms with E-state index >= 15 is 0 Å². The van der Waals surface area contributed by atoms with Crippen molar-refractivity contribution < 1.29 is 28.0 Å². The maximum atomic E-state index is 11.3. The van der Waals surface area contributed by atoms with Gasteiger partial charge in [0.2, 0.25) is 17.7 Å². The Morgan fingerprint density at radius 3 is 0.971 bits per heavy atom. The molecule has 35 heavy (non-hydrogen) atoms. The first-order chi connectivity index (χ1) is 16.6. The molecule has 0 aliphatic carbocycles. The minimum Gasteiger partial charge on any atom is -0.407 e. The van der Waals surface area contributed by atoms with E-state index in [-0.39, 0.29) is 17.7 Å². The number of anilines is 3. The molecule has 11 heteroatoms. The van der Waals surface area contributed by atoms with Crippen LogP contribution in [0.4, 0.5) is 17.1 Å². The highest BCUT2D eigenvalue weighted by Gasteiger charge is 2.27. The average Bonchev–Trinajstić information content (AvgIpc) is 2.77. The molecule has 0 spiro atoms. The molecule has 0 heterocycles. The second-order valence-electron chi connectivity index (χ2n) is 7.34. The molecule has 182 valence electrons. The molecule has 0 unspecified atom stereocenters. The minimum absolute atomic E-state index is 0.194. The van der Waals surface area contributed by atoms with Gasteiger partial charge in [-0.3, -0.25) is 14.4 Å². The van der Waals surface area contributed by atoms with Crippen LogP contribution in [0.1, 0.15) is 20.8 Å². The summed E-state index contributed by atoms with van der Waals surface area (Å²) in [5, 5.41) is 8.03. The molecule has 0 fully saturated rings. The molecule has 9 nitrogen and oxygen atoms in total. The van der Waals surface area contributed by atoms with Crippen molar-refractivity contribution >= 4 is 53.3 Å². The molecule has 0 aliphatic heterocycles. The average molecular weight is 514 g/mol. The van der Waals surface area contributed by atoms with Crippen LogP contribution < -0.4 is 29.5 Å². The van der Waals surface area contributed by atoms with Gasteiger partial charge in [-0.1, -0.05) is 0 Å². The fraction of sp³-hybridized carbons (Fsp3) is 0.125. The zero-order valence-corrected chi connectivity index (χ0v) is 20.9. The maximum absolute atomic E-state index is 11.3. The molecule has 0 saturated carbocycles. The Morgan fingerprint density at radius 2 is 0.771 bits per heavy atom. The smallest absolute Gasteiger partial charge is 0.407 e. The third kappa shape index (κ3) is 8.44. The highest BCUT2D eigenvalue weighted by atomic mass is 32.5. The Kier molecular flexibility index (Phi) is 8.46. The fourth-order valence-corrected chi connectivity index (χ4v) is 4.88. The molecular formula is C24H24N3O6PS. The molecule has 0 atom stereocenters. The number of nitrogens with one attached hydrogen (secondary N) is 3. The Balaban J connectivity index is 1.83. The lowest BCUT2D eigenvalue weighted by Crippen LogP contribution is -2.09.